The van der Waals surface area contributed by atoms with Crippen molar-refractivity contribution < 1.29 is 4.42 Å². The van der Waals surface area contributed by atoms with Gasteiger partial charge in [0.2, 0.25) is 0 Å². The average molecular weight is 673 g/mol. The molecule has 0 fully saturated rings. The minimum atomic E-state index is 0.903. The third-order valence-electron chi connectivity index (χ3n) is 11.0. The fourth-order valence-electron chi connectivity index (χ4n) is 8.72. The van der Waals surface area contributed by atoms with Gasteiger partial charge in [-0.25, -0.2) is 0 Å². The molecular weight excluding hydrogens is 641 g/mol. The summed E-state index contributed by atoms with van der Waals surface area (Å²) in [7, 11) is 0. The topological polar surface area (TPSA) is 13.1 Å². The Bertz CT molecular complexity index is 3220. The lowest BCUT2D eigenvalue weighted by Crippen LogP contribution is -1.94. The van der Waals surface area contributed by atoms with Gasteiger partial charge in [0.05, 0.1) is 0 Å². The monoisotopic (exact) mass is 672 g/mol. The summed E-state index contributed by atoms with van der Waals surface area (Å²) in [6.45, 7) is 0. The third-order valence-corrected chi connectivity index (χ3v) is 11.0. The van der Waals surface area contributed by atoms with Gasteiger partial charge in [-0.3, -0.25) is 0 Å². The number of hydrogen-bond donors (Lipinski definition) is 0. The lowest BCUT2D eigenvalue weighted by atomic mass is 9.81. The van der Waals surface area contributed by atoms with E-state index >= 15 is 0 Å². The molecule has 1 aromatic heterocycles. The molecule has 0 atom stereocenters. The fourth-order valence-corrected chi connectivity index (χ4v) is 8.72. The number of benzene rings is 10. The summed E-state index contributed by atoms with van der Waals surface area (Å²) in [6.07, 6.45) is 0. The van der Waals surface area contributed by atoms with Crippen LogP contribution in [0.4, 0.5) is 0 Å². The predicted octanol–water partition coefficient (Wildman–Crippen LogP) is 14.9. The standard InChI is InChI=1S/C52H32O/c1-3-19-38-33(13-1)15-10-24-40(38)35-17-9-18-37(31-35)50-44-22-5-6-23-45(44)51(43-26-11-16-34-14-2-4-20-39(34)43)46-27-12-25-41(52(46)50)36-29-30-49-47(32-36)42-21-7-8-28-48(42)53-49/h1-32H. The molecule has 0 unspecified atom stereocenters. The van der Waals surface area contributed by atoms with Gasteiger partial charge in [0.15, 0.2) is 0 Å². The van der Waals surface area contributed by atoms with E-state index in [1.165, 1.54) is 87.6 Å². The van der Waals surface area contributed by atoms with Crippen molar-refractivity contribution in [3.8, 4) is 44.5 Å². The van der Waals surface area contributed by atoms with E-state index in [1.54, 1.807) is 0 Å². The van der Waals surface area contributed by atoms with Crippen molar-refractivity contribution in [3.05, 3.63) is 194 Å². The van der Waals surface area contributed by atoms with Crippen LogP contribution in [0.15, 0.2) is 199 Å². The van der Waals surface area contributed by atoms with Crippen LogP contribution < -0.4 is 0 Å². The average Bonchev–Trinajstić information content (AvgIpc) is 3.60. The molecule has 0 saturated heterocycles. The molecule has 10 aromatic carbocycles. The maximum atomic E-state index is 6.29. The molecule has 11 rings (SSSR count). The Morgan fingerprint density at radius 2 is 0.774 bits per heavy atom. The summed E-state index contributed by atoms with van der Waals surface area (Å²) < 4.78 is 6.29. The molecule has 0 amide bonds. The van der Waals surface area contributed by atoms with E-state index in [2.05, 4.69) is 188 Å². The summed E-state index contributed by atoms with van der Waals surface area (Å²) in [5.41, 5.74) is 11.6. The van der Waals surface area contributed by atoms with Gasteiger partial charge in [-0.15, -0.1) is 0 Å². The molecule has 11 aromatic rings. The maximum Gasteiger partial charge on any atom is 0.135 e. The first kappa shape index (κ1) is 29.7. The van der Waals surface area contributed by atoms with Crippen LogP contribution in [-0.2, 0) is 0 Å². The highest BCUT2D eigenvalue weighted by Gasteiger charge is 2.21. The van der Waals surface area contributed by atoms with Crippen LogP contribution in [0.25, 0.3) is 110 Å². The first-order chi connectivity index (χ1) is 26.3. The summed E-state index contributed by atoms with van der Waals surface area (Å²) in [6, 6.07) is 70.7. The molecule has 1 heteroatoms. The normalized spacial score (nSPS) is 11.8. The van der Waals surface area contributed by atoms with Crippen LogP contribution in [0, 0.1) is 0 Å². The molecule has 246 valence electrons. The van der Waals surface area contributed by atoms with Crippen LogP contribution in [-0.4, -0.2) is 0 Å². The van der Waals surface area contributed by atoms with E-state index in [-0.39, 0.29) is 0 Å². The molecule has 0 saturated carbocycles. The van der Waals surface area contributed by atoms with Crippen LogP contribution in [0.2, 0.25) is 0 Å². The number of fused-ring (bicyclic) bond motifs is 7. The SMILES string of the molecule is c1cc(-c2cccc3ccccc23)cc(-c2c3ccccc3c(-c3cccc4ccccc34)c3cccc(-c4ccc5oc6ccccc6c5c4)c23)c1. The van der Waals surface area contributed by atoms with E-state index < -0.39 is 0 Å². The Balaban J connectivity index is 1.28. The third kappa shape index (κ3) is 4.64. The number of para-hydroxylation sites is 1. The Morgan fingerprint density at radius 1 is 0.264 bits per heavy atom. The van der Waals surface area contributed by atoms with Gasteiger partial charge in [0.1, 0.15) is 11.2 Å². The second-order valence-electron chi connectivity index (χ2n) is 14.0. The molecule has 0 bridgehead atoms. The van der Waals surface area contributed by atoms with Gasteiger partial charge in [-0.2, -0.15) is 0 Å². The Morgan fingerprint density at radius 3 is 1.57 bits per heavy atom. The van der Waals surface area contributed by atoms with Crippen LogP contribution >= 0.6 is 0 Å². The minimum Gasteiger partial charge on any atom is -0.456 e. The molecule has 0 aliphatic heterocycles. The summed E-state index contributed by atoms with van der Waals surface area (Å²) in [5.74, 6) is 0. The Kier molecular flexibility index (Phi) is 6.62. The summed E-state index contributed by atoms with van der Waals surface area (Å²) >= 11 is 0. The zero-order valence-electron chi connectivity index (χ0n) is 28.9. The van der Waals surface area contributed by atoms with Gasteiger partial charge >= 0.3 is 0 Å². The van der Waals surface area contributed by atoms with E-state index in [9.17, 15) is 0 Å². The lowest BCUT2D eigenvalue weighted by molar-refractivity contribution is 0.669. The zero-order valence-corrected chi connectivity index (χ0v) is 28.9. The van der Waals surface area contributed by atoms with Crippen molar-refractivity contribution in [2.75, 3.05) is 0 Å². The van der Waals surface area contributed by atoms with E-state index in [0.29, 0.717) is 0 Å². The van der Waals surface area contributed by atoms with Gasteiger partial charge in [0.25, 0.3) is 0 Å². The largest absolute Gasteiger partial charge is 0.456 e. The second kappa shape index (κ2) is 11.8. The first-order valence-corrected chi connectivity index (χ1v) is 18.3. The lowest BCUT2D eigenvalue weighted by Gasteiger charge is -2.21. The maximum absolute atomic E-state index is 6.29. The Labute approximate surface area is 307 Å². The highest BCUT2D eigenvalue weighted by atomic mass is 16.3. The van der Waals surface area contributed by atoms with Crippen molar-refractivity contribution >= 4 is 65.0 Å². The van der Waals surface area contributed by atoms with Crippen molar-refractivity contribution in [1.82, 2.24) is 0 Å². The molecule has 1 nitrogen and oxygen atoms in total. The summed E-state index contributed by atoms with van der Waals surface area (Å²) in [4.78, 5) is 0. The van der Waals surface area contributed by atoms with Crippen molar-refractivity contribution in [2.24, 2.45) is 0 Å². The number of hydrogen-bond acceptors (Lipinski definition) is 1. The second-order valence-corrected chi connectivity index (χ2v) is 14.0. The quantitative estimate of drug-likeness (QED) is 0.170. The minimum absolute atomic E-state index is 0.903. The highest BCUT2D eigenvalue weighted by Crippen LogP contribution is 2.49. The van der Waals surface area contributed by atoms with Crippen molar-refractivity contribution in [3.63, 3.8) is 0 Å². The summed E-state index contributed by atoms with van der Waals surface area (Å²) in [5, 5.41) is 12.2. The molecule has 0 aliphatic rings. The van der Waals surface area contributed by atoms with Gasteiger partial charge in [0, 0.05) is 10.8 Å². The Hall–Kier alpha value is -6.96. The van der Waals surface area contributed by atoms with Crippen LogP contribution in [0.1, 0.15) is 0 Å². The predicted molar refractivity (Wildman–Crippen MR) is 225 cm³/mol. The number of rotatable bonds is 4. The van der Waals surface area contributed by atoms with Crippen molar-refractivity contribution in [2.45, 2.75) is 0 Å². The van der Waals surface area contributed by atoms with Crippen molar-refractivity contribution in [1.29, 1.82) is 0 Å². The highest BCUT2D eigenvalue weighted by molar-refractivity contribution is 6.26. The smallest absolute Gasteiger partial charge is 0.135 e. The van der Waals surface area contributed by atoms with E-state index in [0.717, 1.165) is 21.9 Å². The van der Waals surface area contributed by atoms with E-state index in [1.807, 2.05) is 6.07 Å². The zero-order chi connectivity index (χ0) is 34.9. The molecule has 1 heterocycles. The molecular formula is C52H32O. The van der Waals surface area contributed by atoms with Crippen LogP contribution in [0.3, 0.4) is 0 Å². The molecule has 0 aliphatic carbocycles. The van der Waals surface area contributed by atoms with Gasteiger partial charge in [-0.1, -0.05) is 170 Å². The molecule has 0 radical (unpaired) electrons. The number of furan rings is 1. The first-order valence-electron chi connectivity index (χ1n) is 18.3. The molecule has 53 heavy (non-hydrogen) atoms. The van der Waals surface area contributed by atoms with Gasteiger partial charge < -0.3 is 4.42 Å². The fraction of sp³-hybridized carbons (Fsp3) is 0. The van der Waals surface area contributed by atoms with Gasteiger partial charge in [-0.05, 0) is 112 Å². The molecule has 0 N–H and O–H groups in total. The van der Waals surface area contributed by atoms with E-state index in [4.69, 9.17) is 4.42 Å². The van der Waals surface area contributed by atoms with Crippen LogP contribution in [0.5, 0.6) is 0 Å². The molecule has 0 spiro atoms.